The van der Waals surface area contributed by atoms with Gasteiger partial charge in [0.1, 0.15) is 0 Å². The average molecular weight is 269 g/mol. The molecule has 4 nitrogen and oxygen atoms in total. The molecule has 0 aliphatic carbocycles. The highest BCUT2D eigenvalue weighted by Crippen LogP contribution is 2.22. The molecule has 1 fully saturated rings. The monoisotopic (exact) mass is 268 g/mol. The minimum atomic E-state index is -0.408. The summed E-state index contributed by atoms with van der Waals surface area (Å²) < 4.78 is 4.70. The maximum Gasteiger partial charge on any atom is 0.339 e. The first-order chi connectivity index (χ1) is 8.70. The van der Waals surface area contributed by atoms with Crippen LogP contribution in [0.5, 0.6) is 0 Å². The van der Waals surface area contributed by atoms with Gasteiger partial charge in [-0.15, -0.1) is 0 Å². The Hall–Kier alpha value is -1.26. The molecule has 0 amide bonds. The predicted octanol–water partition coefficient (Wildman–Crippen LogP) is 2.29. The highest BCUT2D eigenvalue weighted by atomic mass is 35.5. The Kier molecular flexibility index (Phi) is 4.44. The molecule has 0 bridgehead atoms. The van der Waals surface area contributed by atoms with Gasteiger partial charge in [-0.05, 0) is 44.1 Å². The van der Waals surface area contributed by atoms with Gasteiger partial charge < -0.3 is 15.4 Å². The lowest BCUT2D eigenvalue weighted by Gasteiger charge is -2.24. The average Bonchev–Trinajstić information content (AvgIpc) is 2.41. The molecule has 1 aliphatic heterocycles. The Labute approximate surface area is 112 Å². The molecule has 0 saturated carbocycles. The Morgan fingerprint density at radius 1 is 1.44 bits per heavy atom. The van der Waals surface area contributed by atoms with Crippen LogP contribution in [0.3, 0.4) is 0 Å². The number of carbonyl (C=O) groups is 1. The molecule has 18 heavy (non-hydrogen) atoms. The van der Waals surface area contributed by atoms with E-state index in [-0.39, 0.29) is 0 Å². The maximum absolute atomic E-state index is 11.5. The van der Waals surface area contributed by atoms with E-state index in [1.165, 1.54) is 7.11 Å². The first kappa shape index (κ1) is 13.2. The van der Waals surface area contributed by atoms with E-state index in [1.807, 2.05) is 6.07 Å². The summed E-state index contributed by atoms with van der Waals surface area (Å²) >= 11 is 5.97. The third-order valence-electron chi connectivity index (χ3n) is 3.08. The molecule has 1 aliphatic rings. The van der Waals surface area contributed by atoms with Gasteiger partial charge in [0.15, 0.2) is 0 Å². The number of methoxy groups -OCH3 is 1. The van der Waals surface area contributed by atoms with Crippen molar-refractivity contribution in [2.45, 2.75) is 18.9 Å². The molecule has 2 N–H and O–H groups in total. The number of piperidine rings is 1. The van der Waals surface area contributed by atoms with Crippen LogP contribution in [0.15, 0.2) is 18.2 Å². The minimum Gasteiger partial charge on any atom is -0.465 e. The second-order valence-electron chi connectivity index (χ2n) is 4.35. The van der Waals surface area contributed by atoms with Crippen LogP contribution in [-0.2, 0) is 4.74 Å². The van der Waals surface area contributed by atoms with Crippen molar-refractivity contribution in [1.82, 2.24) is 5.32 Å². The molecule has 98 valence electrons. The summed E-state index contributed by atoms with van der Waals surface area (Å²) in [6.45, 7) is 2.05. The van der Waals surface area contributed by atoms with E-state index < -0.39 is 5.97 Å². The molecule has 0 radical (unpaired) electrons. The summed E-state index contributed by atoms with van der Waals surface area (Å²) in [7, 11) is 1.35. The number of carbonyl (C=O) groups excluding carboxylic acids is 1. The fourth-order valence-electron chi connectivity index (χ4n) is 2.08. The van der Waals surface area contributed by atoms with E-state index in [0.717, 1.165) is 31.6 Å². The summed E-state index contributed by atoms with van der Waals surface area (Å²) in [6.07, 6.45) is 2.16. The lowest BCUT2D eigenvalue weighted by Crippen LogP contribution is -2.35. The third kappa shape index (κ3) is 3.15. The lowest BCUT2D eigenvalue weighted by atomic mass is 10.1. The number of nitrogens with one attached hydrogen (secondary N) is 2. The van der Waals surface area contributed by atoms with Crippen molar-refractivity contribution in [3.63, 3.8) is 0 Å². The highest BCUT2D eigenvalue weighted by Gasteiger charge is 2.15. The van der Waals surface area contributed by atoms with Crippen LogP contribution < -0.4 is 10.6 Å². The third-order valence-corrected chi connectivity index (χ3v) is 3.41. The van der Waals surface area contributed by atoms with Crippen LogP contribution in [0.4, 0.5) is 5.69 Å². The second-order valence-corrected chi connectivity index (χ2v) is 4.76. The molecule has 0 unspecified atom stereocenters. The van der Waals surface area contributed by atoms with Gasteiger partial charge >= 0.3 is 5.97 Å². The Balaban J connectivity index is 2.11. The first-order valence-corrected chi connectivity index (χ1v) is 6.43. The Morgan fingerprint density at radius 3 is 2.83 bits per heavy atom. The molecule has 5 heteroatoms. The fraction of sp³-hybridized carbons (Fsp3) is 0.462. The SMILES string of the molecule is COC(=O)c1cc(NC2CCNCC2)ccc1Cl. The first-order valence-electron chi connectivity index (χ1n) is 6.06. The van der Waals surface area contributed by atoms with Gasteiger partial charge in [0, 0.05) is 11.7 Å². The van der Waals surface area contributed by atoms with E-state index in [1.54, 1.807) is 12.1 Å². The van der Waals surface area contributed by atoms with E-state index in [2.05, 4.69) is 10.6 Å². The number of esters is 1. The molecule has 1 aromatic carbocycles. The molecule has 1 aromatic rings. The van der Waals surface area contributed by atoms with Crippen LogP contribution >= 0.6 is 11.6 Å². The number of benzene rings is 1. The highest BCUT2D eigenvalue weighted by molar-refractivity contribution is 6.33. The van der Waals surface area contributed by atoms with Gasteiger partial charge in [0.2, 0.25) is 0 Å². The largest absolute Gasteiger partial charge is 0.465 e. The van der Waals surface area contributed by atoms with E-state index in [0.29, 0.717) is 16.6 Å². The van der Waals surface area contributed by atoms with Crippen LogP contribution in [0.1, 0.15) is 23.2 Å². The van der Waals surface area contributed by atoms with Crippen molar-refractivity contribution in [3.8, 4) is 0 Å². The van der Waals surface area contributed by atoms with Gasteiger partial charge in [-0.2, -0.15) is 0 Å². The van der Waals surface area contributed by atoms with Gasteiger partial charge in [-0.25, -0.2) is 4.79 Å². The number of hydrogen-bond acceptors (Lipinski definition) is 4. The predicted molar refractivity (Wildman–Crippen MR) is 72.3 cm³/mol. The van der Waals surface area contributed by atoms with Gasteiger partial charge in [-0.1, -0.05) is 11.6 Å². The van der Waals surface area contributed by atoms with Gasteiger partial charge in [-0.3, -0.25) is 0 Å². The van der Waals surface area contributed by atoms with Crippen molar-refractivity contribution in [2.75, 3.05) is 25.5 Å². The van der Waals surface area contributed by atoms with Crippen LogP contribution in [0.2, 0.25) is 5.02 Å². The molecular formula is C13H17ClN2O2. The van der Waals surface area contributed by atoms with Crippen molar-refractivity contribution in [1.29, 1.82) is 0 Å². The van der Waals surface area contributed by atoms with Gasteiger partial charge in [0.25, 0.3) is 0 Å². The summed E-state index contributed by atoms with van der Waals surface area (Å²) in [5.41, 5.74) is 1.31. The summed E-state index contributed by atoms with van der Waals surface area (Å²) in [5, 5.41) is 7.15. The van der Waals surface area contributed by atoms with Crippen molar-refractivity contribution in [2.24, 2.45) is 0 Å². The Morgan fingerprint density at radius 2 is 2.17 bits per heavy atom. The van der Waals surface area contributed by atoms with Crippen LogP contribution in [0.25, 0.3) is 0 Å². The molecular weight excluding hydrogens is 252 g/mol. The standard InChI is InChI=1S/C13H17ClN2O2/c1-18-13(17)11-8-10(2-3-12(11)14)16-9-4-6-15-7-5-9/h2-3,8-9,15-16H,4-7H2,1H3. The zero-order valence-electron chi connectivity index (χ0n) is 10.3. The molecule has 1 saturated heterocycles. The zero-order chi connectivity index (χ0) is 13.0. The van der Waals surface area contributed by atoms with Crippen molar-refractivity contribution in [3.05, 3.63) is 28.8 Å². The molecule has 0 atom stereocenters. The normalized spacial score (nSPS) is 16.3. The smallest absolute Gasteiger partial charge is 0.339 e. The van der Waals surface area contributed by atoms with Crippen molar-refractivity contribution >= 4 is 23.3 Å². The second kappa shape index (κ2) is 6.07. The molecule has 0 spiro atoms. The number of ether oxygens (including phenoxy) is 1. The summed E-state index contributed by atoms with van der Waals surface area (Å²) in [6, 6.07) is 5.79. The summed E-state index contributed by atoms with van der Waals surface area (Å²) in [4.78, 5) is 11.5. The maximum atomic E-state index is 11.5. The van der Waals surface area contributed by atoms with E-state index in [4.69, 9.17) is 16.3 Å². The molecule has 0 aromatic heterocycles. The number of halogens is 1. The van der Waals surface area contributed by atoms with Crippen LogP contribution in [0, 0.1) is 0 Å². The summed E-state index contributed by atoms with van der Waals surface area (Å²) in [5.74, 6) is -0.408. The van der Waals surface area contributed by atoms with Crippen LogP contribution in [-0.4, -0.2) is 32.2 Å². The number of hydrogen-bond donors (Lipinski definition) is 2. The van der Waals surface area contributed by atoms with E-state index in [9.17, 15) is 4.79 Å². The minimum absolute atomic E-state index is 0.401. The zero-order valence-corrected chi connectivity index (χ0v) is 11.1. The lowest BCUT2D eigenvalue weighted by molar-refractivity contribution is 0.0601. The van der Waals surface area contributed by atoms with Crippen molar-refractivity contribution < 1.29 is 9.53 Å². The van der Waals surface area contributed by atoms with E-state index >= 15 is 0 Å². The fourth-order valence-corrected chi connectivity index (χ4v) is 2.28. The Bertz CT molecular complexity index is 431. The topological polar surface area (TPSA) is 50.4 Å². The quantitative estimate of drug-likeness (QED) is 0.826. The molecule has 1 heterocycles. The number of rotatable bonds is 3. The van der Waals surface area contributed by atoms with Gasteiger partial charge in [0.05, 0.1) is 17.7 Å². The number of anilines is 1. The molecule has 2 rings (SSSR count).